The number of piperidine rings is 1. The molecule has 1 unspecified atom stereocenters. The number of carbonyl (C=O) groups is 2. The molecular formula is C15H15N5O3S. The van der Waals surface area contributed by atoms with Crippen LogP contribution in [0.2, 0.25) is 0 Å². The Labute approximate surface area is 141 Å². The van der Waals surface area contributed by atoms with Gasteiger partial charge in [-0.25, -0.2) is 19.7 Å². The third-order valence-electron chi connectivity index (χ3n) is 4.52. The van der Waals surface area contributed by atoms with Gasteiger partial charge in [0.1, 0.15) is 4.88 Å². The van der Waals surface area contributed by atoms with Crippen LogP contribution < -0.4 is 5.32 Å². The molecule has 1 saturated carbocycles. The van der Waals surface area contributed by atoms with Crippen molar-refractivity contribution in [2.75, 3.05) is 13.1 Å². The van der Waals surface area contributed by atoms with E-state index in [9.17, 15) is 9.59 Å². The summed E-state index contributed by atoms with van der Waals surface area (Å²) < 4.78 is 0. The molecule has 2 N–H and O–H groups in total. The number of thiazole rings is 1. The number of aryl methyl sites for hydroxylation is 1. The van der Waals surface area contributed by atoms with E-state index in [4.69, 9.17) is 5.11 Å². The first-order chi connectivity index (χ1) is 11.5. The zero-order chi connectivity index (χ0) is 16.8. The van der Waals surface area contributed by atoms with Gasteiger partial charge >= 0.3 is 6.09 Å². The van der Waals surface area contributed by atoms with E-state index in [1.165, 1.54) is 11.3 Å². The Kier molecular flexibility index (Phi) is 3.45. The zero-order valence-electron chi connectivity index (χ0n) is 12.8. The number of fused-ring (bicyclic) bond motifs is 1. The van der Waals surface area contributed by atoms with E-state index in [0.717, 1.165) is 0 Å². The average Bonchev–Trinajstić information content (AvgIpc) is 2.95. The molecular weight excluding hydrogens is 330 g/mol. The number of aromatic nitrogens is 3. The fourth-order valence-corrected chi connectivity index (χ4v) is 4.27. The van der Waals surface area contributed by atoms with Gasteiger partial charge in [0.15, 0.2) is 10.8 Å². The van der Waals surface area contributed by atoms with Crippen LogP contribution in [0.25, 0.3) is 10.8 Å². The Morgan fingerprint density at radius 1 is 1.29 bits per heavy atom. The fourth-order valence-electron chi connectivity index (χ4n) is 3.29. The molecule has 2 aromatic rings. The molecule has 24 heavy (non-hydrogen) atoms. The molecule has 2 aliphatic rings. The fraction of sp³-hybridized carbons (Fsp3) is 0.400. The lowest BCUT2D eigenvalue weighted by atomic mass is 10.3. The lowest BCUT2D eigenvalue weighted by Gasteiger charge is -2.19. The number of hydrogen-bond donors (Lipinski definition) is 2. The van der Waals surface area contributed by atoms with Crippen molar-refractivity contribution in [2.45, 2.75) is 13.0 Å². The zero-order valence-corrected chi connectivity index (χ0v) is 13.7. The van der Waals surface area contributed by atoms with Crippen LogP contribution in [0.5, 0.6) is 0 Å². The van der Waals surface area contributed by atoms with Crippen LogP contribution in [-0.2, 0) is 0 Å². The Hall–Kier alpha value is -2.55. The largest absolute Gasteiger partial charge is 0.465 e. The van der Waals surface area contributed by atoms with Gasteiger partial charge in [-0.2, -0.15) is 0 Å². The SMILES string of the molecule is Cc1nc(-c2ncccn2)sc1C(=O)N1C[C@@H]2C(NC(=O)O)[C@@H]2C1. The van der Waals surface area contributed by atoms with Crippen molar-refractivity contribution in [2.24, 2.45) is 11.8 Å². The van der Waals surface area contributed by atoms with Crippen molar-refractivity contribution in [3.8, 4) is 10.8 Å². The first-order valence-electron chi connectivity index (χ1n) is 7.58. The van der Waals surface area contributed by atoms with Crippen molar-refractivity contribution in [3.63, 3.8) is 0 Å². The molecule has 0 spiro atoms. The standard InChI is InChI=1S/C15H15N5O3S/c1-7-11(24-13(18-7)12-16-3-2-4-17-12)14(21)20-5-8-9(6-20)10(8)19-15(22)23/h2-4,8-10,19H,5-6H2,1H3,(H,22,23)/t8-,9+,10?. The summed E-state index contributed by atoms with van der Waals surface area (Å²) in [5.41, 5.74) is 0.674. The molecule has 2 fully saturated rings. The number of nitrogens with one attached hydrogen (secondary N) is 1. The number of carboxylic acid groups (broad SMARTS) is 1. The van der Waals surface area contributed by atoms with Crippen LogP contribution in [0, 0.1) is 18.8 Å². The van der Waals surface area contributed by atoms with Gasteiger partial charge in [-0.3, -0.25) is 4.79 Å². The van der Waals surface area contributed by atoms with Crippen molar-refractivity contribution >= 4 is 23.3 Å². The van der Waals surface area contributed by atoms with E-state index in [2.05, 4.69) is 20.3 Å². The van der Waals surface area contributed by atoms with Crippen LogP contribution >= 0.6 is 11.3 Å². The van der Waals surface area contributed by atoms with Gasteiger partial charge in [0.25, 0.3) is 5.91 Å². The van der Waals surface area contributed by atoms with E-state index >= 15 is 0 Å². The van der Waals surface area contributed by atoms with Gasteiger partial charge in [-0.15, -0.1) is 11.3 Å². The number of nitrogens with zero attached hydrogens (tertiary/aromatic N) is 4. The summed E-state index contributed by atoms with van der Waals surface area (Å²) >= 11 is 1.30. The molecule has 1 saturated heterocycles. The summed E-state index contributed by atoms with van der Waals surface area (Å²) in [5.74, 6) is 0.929. The van der Waals surface area contributed by atoms with Crippen molar-refractivity contribution in [1.29, 1.82) is 0 Å². The summed E-state index contributed by atoms with van der Waals surface area (Å²) in [4.78, 5) is 38.5. The highest BCUT2D eigenvalue weighted by molar-refractivity contribution is 7.17. The maximum Gasteiger partial charge on any atom is 0.404 e. The average molecular weight is 345 g/mol. The summed E-state index contributed by atoms with van der Waals surface area (Å²) in [5, 5.41) is 11.9. The second kappa shape index (κ2) is 5.52. The Bertz CT molecular complexity index is 797. The lowest BCUT2D eigenvalue weighted by molar-refractivity contribution is 0.0775. The maximum atomic E-state index is 12.7. The first kappa shape index (κ1) is 15.0. The smallest absolute Gasteiger partial charge is 0.404 e. The molecule has 124 valence electrons. The van der Waals surface area contributed by atoms with E-state index in [0.29, 0.717) is 34.5 Å². The summed E-state index contributed by atoms with van der Waals surface area (Å²) in [6.45, 7) is 2.98. The highest BCUT2D eigenvalue weighted by Gasteiger charge is 2.57. The second-order valence-corrected chi connectivity index (χ2v) is 7.02. The van der Waals surface area contributed by atoms with Crippen LogP contribution in [0.3, 0.4) is 0 Å². The number of hydrogen-bond acceptors (Lipinski definition) is 6. The highest BCUT2D eigenvalue weighted by Crippen LogP contribution is 2.46. The first-order valence-corrected chi connectivity index (χ1v) is 8.40. The minimum atomic E-state index is -1.00. The molecule has 2 aromatic heterocycles. The summed E-state index contributed by atoms with van der Waals surface area (Å²) in [6.07, 6.45) is 2.28. The molecule has 0 aromatic carbocycles. The summed E-state index contributed by atoms with van der Waals surface area (Å²) in [7, 11) is 0. The molecule has 8 nitrogen and oxygen atoms in total. The third-order valence-corrected chi connectivity index (χ3v) is 5.66. The van der Waals surface area contributed by atoms with Crippen LogP contribution in [0.4, 0.5) is 4.79 Å². The van der Waals surface area contributed by atoms with Crippen LogP contribution in [-0.4, -0.2) is 56.1 Å². The van der Waals surface area contributed by atoms with E-state index < -0.39 is 6.09 Å². The molecule has 3 heterocycles. The molecule has 4 rings (SSSR count). The van der Waals surface area contributed by atoms with Gasteiger partial charge in [0.2, 0.25) is 0 Å². The molecule has 1 aliphatic carbocycles. The predicted molar refractivity (Wildman–Crippen MR) is 85.7 cm³/mol. The quantitative estimate of drug-likeness (QED) is 0.866. The molecule has 1 aliphatic heterocycles. The van der Waals surface area contributed by atoms with E-state index in [1.54, 1.807) is 23.4 Å². The monoisotopic (exact) mass is 345 g/mol. The number of amides is 2. The highest BCUT2D eigenvalue weighted by atomic mass is 32.1. The Balaban J connectivity index is 1.47. The third kappa shape index (κ3) is 2.50. The van der Waals surface area contributed by atoms with Crippen LogP contribution in [0.1, 0.15) is 15.4 Å². The van der Waals surface area contributed by atoms with Gasteiger partial charge in [-0.1, -0.05) is 0 Å². The number of carbonyl (C=O) groups excluding carboxylic acids is 1. The van der Waals surface area contributed by atoms with Crippen LogP contribution in [0.15, 0.2) is 18.5 Å². The van der Waals surface area contributed by atoms with Gasteiger partial charge in [0.05, 0.1) is 5.69 Å². The number of rotatable bonds is 3. The molecule has 9 heteroatoms. The molecule has 0 bridgehead atoms. The summed E-state index contributed by atoms with van der Waals surface area (Å²) in [6, 6.07) is 1.72. The predicted octanol–water partition coefficient (Wildman–Crippen LogP) is 1.25. The molecule has 3 atom stereocenters. The van der Waals surface area contributed by atoms with E-state index in [1.807, 2.05) is 6.92 Å². The maximum absolute atomic E-state index is 12.7. The van der Waals surface area contributed by atoms with Gasteiger partial charge < -0.3 is 15.3 Å². The minimum Gasteiger partial charge on any atom is -0.465 e. The minimum absolute atomic E-state index is 0.0117. The lowest BCUT2D eigenvalue weighted by Crippen LogP contribution is -2.36. The second-order valence-electron chi connectivity index (χ2n) is 6.02. The molecule has 2 amide bonds. The topological polar surface area (TPSA) is 108 Å². The van der Waals surface area contributed by atoms with Gasteiger partial charge in [0, 0.05) is 43.4 Å². The van der Waals surface area contributed by atoms with Gasteiger partial charge in [-0.05, 0) is 13.0 Å². The normalized spacial score (nSPS) is 24.5. The molecule has 0 radical (unpaired) electrons. The van der Waals surface area contributed by atoms with Crippen molar-refractivity contribution in [1.82, 2.24) is 25.2 Å². The van der Waals surface area contributed by atoms with E-state index in [-0.39, 0.29) is 23.8 Å². The Morgan fingerprint density at radius 2 is 1.96 bits per heavy atom. The Morgan fingerprint density at radius 3 is 2.58 bits per heavy atom. The number of likely N-dealkylation sites (tertiary alicyclic amines) is 1. The van der Waals surface area contributed by atoms with Crippen molar-refractivity contribution < 1.29 is 14.7 Å². The van der Waals surface area contributed by atoms with Crippen molar-refractivity contribution in [3.05, 3.63) is 29.0 Å².